The summed E-state index contributed by atoms with van der Waals surface area (Å²) in [4.78, 5) is 2.45. The van der Waals surface area contributed by atoms with Crippen LogP contribution in [0.3, 0.4) is 0 Å². The Morgan fingerprint density at radius 2 is 1.82 bits per heavy atom. The Morgan fingerprint density at radius 3 is 2.45 bits per heavy atom. The highest BCUT2D eigenvalue weighted by Crippen LogP contribution is 2.35. The van der Waals surface area contributed by atoms with Crippen molar-refractivity contribution < 1.29 is 13.2 Å². The molecule has 1 aromatic heterocycles. The van der Waals surface area contributed by atoms with Crippen molar-refractivity contribution in [3.8, 4) is 23.1 Å². The second-order valence-corrected chi connectivity index (χ2v) is 10.2. The van der Waals surface area contributed by atoms with E-state index < -0.39 is 10.0 Å². The highest BCUT2D eigenvalue weighted by molar-refractivity contribution is 7.92. The molecule has 1 saturated heterocycles. The SMILES string of the molecule is CCn1c(-c2ccc(NS(C)(=O)=O)cc2)c(C#N)c2ccc(OCCN3CCCCC3)cc21. The van der Waals surface area contributed by atoms with Crippen LogP contribution >= 0.6 is 0 Å². The molecule has 4 rings (SSSR count). The fraction of sp³-hybridized carbons (Fsp3) is 0.400. The van der Waals surface area contributed by atoms with Crippen molar-refractivity contribution in [2.45, 2.75) is 32.7 Å². The van der Waals surface area contributed by atoms with E-state index in [2.05, 4.69) is 20.3 Å². The molecule has 0 atom stereocenters. The Balaban J connectivity index is 1.62. The molecule has 1 fully saturated rings. The summed E-state index contributed by atoms with van der Waals surface area (Å²) in [6.45, 7) is 6.60. The third kappa shape index (κ3) is 5.32. The summed E-state index contributed by atoms with van der Waals surface area (Å²) in [5.41, 5.74) is 3.74. The molecule has 0 spiro atoms. The Bertz CT molecular complexity index is 1270. The van der Waals surface area contributed by atoms with Crippen molar-refractivity contribution >= 4 is 26.6 Å². The molecule has 8 heteroatoms. The quantitative estimate of drug-likeness (QED) is 0.530. The van der Waals surface area contributed by atoms with Crippen molar-refractivity contribution in [2.24, 2.45) is 0 Å². The largest absolute Gasteiger partial charge is 0.492 e. The molecule has 2 aromatic carbocycles. The topological polar surface area (TPSA) is 87.4 Å². The van der Waals surface area contributed by atoms with Crippen LogP contribution in [0.4, 0.5) is 5.69 Å². The Labute approximate surface area is 195 Å². The molecule has 1 aliphatic rings. The second-order valence-electron chi connectivity index (χ2n) is 8.46. The summed E-state index contributed by atoms with van der Waals surface area (Å²) in [6, 6.07) is 15.4. The first kappa shape index (κ1) is 23.1. The van der Waals surface area contributed by atoms with Crippen LogP contribution in [0.15, 0.2) is 42.5 Å². The van der Waals surface area contributed by atoms with Gasteiger partial charge in [0.25, 0.3) is 0 Å². The molecule has 33 heavy (non-hydrogen) atoms. The minimum atomic E-state index is -3.35. The van der Waals surface area contributed by atoms with E-state index in [-0.39, 0.29) is 0 Å². The average molecular weight is 467 g/mol. The highest BCUT2D eigenvalue weighted by atomic mass is 32.2. The zero-order valence-corrected chi connectivity index (χ0v) is 20.0. The number of anilines is 1. The first-order chi connectivity index (χ1) is 15.9. The van der Waals surface area contributed by atoms with Gasteiger partial charge in [-0.2, -0.15) is 5.26 Å². The van der Waals surface area contributed by atoms with Crippen LogP contribution in [0, 0.1) is 11.3 Å². The van der Waals surface area contributed by atoms with Crippen molar-refractivity contribution in [3.63, 3.8) is 0 Å². The third-order valence-corrected chi connectivity index (χ3v) is 6.66. The maximum atomic E-state index is 11.5. The lowest BCUT2D eigenvalue weighted by Gasteiger charge is -2.26. The molecular formula is C25H30N4O3S. The first-order valence-electron chi connectivity index (χ1n) is 11.4. The van der Waals surface area contributed by atoms with Gasteiger partial charge in [0.05, 0.1) is 23.0 Å². The summed E-state index contributed by atoms with van der Waals surface area (Å²) in [6.07, 6.45) is 4.97. The van der Waals surface area contributed by atoms with E-state index in [0.29, 0.717) is 24.4 Å². The van der Waals surface area contributed by atoms with E-state index in [9.17, 15) is 13.7 Å². The van der Waals surface area contributed by atoms with Crippen molar-refractivity contribution in [1.29, 1.82) is 5.26 Å². The summed E-state index contributed by atoms with van der Waals surface area (Å²) >= 11 is 0. The average Bonchev–Trinajstić information content (AvgIpc) is 3.12. The van der Waals surface area contributed by atoms with Crippen molar-refractivity contribution in [3.05, 3.63) is 48.0 Å². The number of nitrogens with zero attached hydrogens (tertiary/aromatic N) is 3. The van der Waals surface area contributed by atoms with Gasteiger partial charge in [-0.05, 0) is 62.7 Å². The van der Waals surface area contributed by atoms with Gasteiger partial charge in [-0.15, -0.1) is 0 Å². The van der Waals surface area contributed by atoms with Gasteiger partial charge in [-0.1, -0.05) is 18.6 Å². The number of ether oxygens (including phenoxy) is 1. The van der Waals surface area contributed by atoms with E-state index in [1.165, 1.54) is 19.3 Å². The molecule has 174 valence electrons. The molecule has 1 aliphatic heterocycles. The van der Waals surface area contributed by atoms with E-state index >= 15 is 0 Å². The van der Waals surface area contributed by atoms with Crippen LogP contribution in [0.25, 0.3) is 22.2 Å². The molecule has 3 aromatic rings. The number of nitrogens with one attached hydrogen (secondary N) is 1. The van der Waals surface area contributed by atoms with Gasteiger partial charge in [-0.25, -0.2) is 8.42 Å². The lowest BCUT2D eigenvalue weighted by molar-refractivity contribution is 0.183. The zero-order chi connectivity index (χ0) is 23.4. The van der Waals surface area contributed by atoms with E-state index in [4.69, 9.17) is 4.74 Å². The van der Waals surface area contributed by atoms with Crippen LogP contribution in [0.2, 0.25) is 0 Å². The van der Waals surface area contributed by atoms with Gasteiger partial charge < -0.3 is 9.30 Å². The standard InChI is InChI=1S/C25H30N4O3S/c1-3-29-24-17-21(32-16-15-28-13-5-4-6-14-28)11-12-22(24)23(18-26)25(29)19-7-9-20(10-8-19)27-33(2,30)31/h7-12,17,27H,3-6,13-16H2,1-2H3. The van der Waals surface area contributed by atoms with Crippen LogP contribution in [-0.4, -0.2) is 50.4 Å². The third-order valence-electron chi connectivity index (χ3n) is 6.05. The van der Waals surface area contributed by atoms with E-state index in [1.807, 2.05) is 37.3 Å². The highest BCUT2D eigenvalue weighted by Gasteiger charge is 2.19. The van der Waals surface area contributed by atoms with E-state index in [1.54, 1.807) is 12.1 Å². The number of likely N-dealkylation sites (tertiary alicyclic amines) is 1. The molecule has 0 unspecified atom stereocenters. The Hall–Kier alpha value is -3.02. The number of sulfonamides is 1. The predicted molar refractivity (Wildman–Crippen MR) is 132 cm³/mol. The molecule has 0 amide bonds. The summed E-state index contributed by atoms with van der Waals surface area (Å²) in [5, 5.41) is 10.8. The smallest absolute Gasteiger partial charge is 0.229 e. The number of benzene rings is 2. The van der Waals surface area contributed by atoms with Gasteiger partial charge in [0, 0.05) is 30.2 Å². The van der Waals surface area contributed by atoms with Crippen LogP contribution in [0.5, 0.6) is 5.75 Å². The number of piperidine rings is 1. The van der Waals surface area contributed by atoms with E-state index in [0.717, 1.165) is 53.8 Å². The zero-order valence-electron chi connectivity index (χ0n) is 19.2. The summed E-state index contributed by atoms with van der Waals surface area (Å²) in [5.74, 6) is 0.801. The summed E-state index contributed by atoms with van der Waals surface area (Å²) < 4.78 is 33.6. The Kier molecular flexibility index (Phi) is 6.91. The first-order valence-corrected chi connectivity index (χ1v) is 13.3. The number of hydrogen-bond acceptors (Lipinski definition) is 5. The molecule has 2 heterocycles. The van der Waals surface area contributed by atoms with Crippen molar-refractivity contribution in [2.75, 3.05) is 37.2 Å². The van der Waals surface area contributed by atoms with Gasteiger partial charge in [0.15, 0.2) is 0 Å². The lowest BCUT2D eigenvalue weighted by atomic mass is 10.1. The monoisotopic (exact) mass is 466 g/mol. The molecule has 0 saturated carbocycles. The fourth-order valence-corrected chi connectivity index (χ4v) is 5.11. The number of fused-ring (bicyclic) bond motifs is 1. The molecule has 1 N–H and O–H groups in total. The Morgan fingerprint density at radius 1 is 1.09 bits per heavy atom. The van der Waals surface area contributed by atoms with Crippen LogP contribution in [0.1, 0.15) is 31.7 Å². The maximum absolute atomic E-state index is 11.5. The maximum Gasteiger partial charge on any atom is 0.229 e. The normalized spacial score (nSPS) is 14.8. The minimum Gasteiger partial charge on any atom is -0.492 e. The molecule has 0 bridgehead atoms. The van der Waals surface area contributed by atoms with Crippen LogP contribution in [-0.2, 0) is 16.6 Å². The second kappa shape index (κ2) is 9.86. The van der Waals surface area contributed by atoms with Crippen molar-refractivity contribution in [1.82, 2.24) is 9.47 Å². The van der Waals surface area contributed by atoms with Gasteiger partial charge in [0.2, 0.25) is 10.0 Å². The minimum absolute atomic E-state index is 0.489. The molecular weight excluding hydrogens is 436 g/mol. The lowest BCUT2D eigenvalue weighted by Crippen LogP contribution is -2.33. The molecule has 7 nitrogen and oxygen atoms in total. The number of aromatic nitrogens is 1. The number of rotatable bonds is 8. The van der Waals surface area contributed by atoms with Gasteiger partial charge in [0.1, 0.15) is 18.4 Å². The van der Waals surface area contributed by atoms with Gasteiger partial charge in [-0.3, -0.25) is 9.62 Å². The number of nitriles is 1. The number of hydrogen-bond donors (Lipinski definition) is 1. The molecule has 0 radical (unpaired) electrons. The number of aryl methyl sites for hydroxylation is 1. The predicted octanol–water partition coefficient (Wildman–Crippen LogP) is 4.44. The fourth-order valence-electron chi connectivity index (χ4n) is 4.55. The van der Waals surface area contributed by atoms with Gasteiger partial charge >= 0.3 is 0 Å². The van der Waals surface area contributed by atoms with Crippen LogP contribution < -0.4 is 9.46 Å². The summed E-state index contributed by atoms with van der Waals surface area (Å²) in [7, 11) is -3.35. The molecule has 0 aliphatic carbocycles.